The number of benzene rings is 1. The van der Waals surface area contributed by atoms with Gasteiger partial charge in [0.05, 0.1) is 12.2 Å². The first kappa shape index (κ1) is 20.4. The van der Waals surface area contributed by atoms with Crippen LogP contribution in [-0.4, -0.2) is 45.8 Å². The van der Waals surface area contributed by atoms with Gasteiger partial charge in [-0.1, -0.05) is 57.9 Å². The molecule has 0 amide bonds. The number of aliphatic hydroxyl groups excluding tert-OH is 3. The van der Waals surface area contributed by atoms with Gasteiger partial charge in [0.2, 0.25) is 0 Å². The highest BCUT2D eigenvalue weighted by Gasteiger charge is 2.42. The molecule has 25 heavy (non-hydrogen) atoms. The van der Waals surface area contributed by atoms with E-state index in [1.54, 1.807) is 0 Å². The maximum atomic E-state index is 10.2. The van der Waals surface area contributed by atoms with E-state index in [0.717, 1.165) is 17.9 Å². The lowest BCUT2D eigenvalue weighted by molar-refractivity contribution is -0.221. The Hall–Kier alpha value is -0.940. The zero-order valence-electron chi connectivity index (χ0n) is 15.8. The van der Waals surface area contributed by atoms with Gasteiger partial charge in [-0.25, -0.2) is 0 Å². The Kier molecular flexibility index (Phi) is 7.88. The van der Waals surface area contributed by atoms with Gasteiger partial charge in [-0.05, 0) is 36.3 Å². The molecule has 1 aromatic carbocycles. The van der Waals surface area contributed by atoms with Crippen LogP contribution in [0.15, 0.2) is 24.3 Å². The lowest BCUT2D eigenvalue weighted by Crippen LogP contribution is -2.57. The third-order valence-corrected chi connectivity index (χ3v) is 5.17. The molecular formula is C21H34O4. The van der Waals surface area contributed by atoms with Crippen molar-refractivity contribution in [3.05, 3.63) is 35.4 Å². The second-order valence-electron chi connectivity index (χ2n) is 7.75. The van der Waals surface area contributed by atoms with Crippen LogP contribution in [0.2, 0.25) is 0 Å². The van der Waals surface area contributed by atoms with Crippen LogP contribution in [0.25, 0.3) is 0 Å². The highest BCUT2D eigenvalue weighted by Crippen LogP contribution is 2.25. The predicted octanol–water partition coefficient (Wildman–Crippen LogP) is 2.86. The van der Waals surface area contributed by atoms with Gasteiger partial charge in [-0.2, -0.15) is 0 Å². The van der Waals surface area contributed by atoms with Gasteiger partial charge >= 0.3 is 0 Å². The summed E-state index contributed by atoms with van der Waals surface area (Å²) < 4.78 is 5.81. The average Bonchev–Trinajstić information content (AvgIpc) is 2.60. The Labute approximate surface area is 151 Å². The lowest BCUT2D eigenvalue weighted by atomic mass is 9.90. The highest BCUT2D eigenvalue weighted by atomic mass is 16.5. The van der Waals surface area contributed by atoms with Gasteiger partial charge in [-0.3, -0.25) is 0 Å². The molecule has 0 spiro atoms. The van der Waals surface area contributed by atoms with Crippen LogP contribution in [0, 0.1) is 5.92 Å². The standard InChI is InChI=1S/C21H34O4/c1-4-17-19(22)21(24)20(23)18(25-17)13-16-11-9-15(10-12-16)8-6-5-7-14(2)3/h9-12,14,17-24H,4-8,13H2,1-3H3. The first-order chi connectivity index (χ1) is 11.9. The van der Waals surface area contributed by atoms with E-state index in [9.17, 15) is 15.3 Å². The average molecular weight is 350 g/mol. The molecule has 0 aliphatic carbocycles. The van der Waals surface area contributed by atoms with Crippen molar-refractivity contribution in [3.63, 3.8) is 0 Å². The molecule has 1 aliphatic heterocycles. The summed E-state index contributed by atoms with van der Waals surface area (Å²) in [6, 6.07) is 8.43. The Balaban J connectivity index is 1.87. The Bertz CT molecular complexity index is 497. The van der Waals surface area contributed by atoms with Crippen LogP contribution < -0.4 is 0 Å². The van der Waals surface area contributed by atoms with Crippen molar-refractivity contribution in [2.24, 2.45) is 5.92 Å². The molecule has 5 atom stereocenters. The third kappa shape index (κ3) is 5.78. The maximum Gasteiger partial charge on any atom is 0.111 e. The molecular weight excluding hydrogens is 316 g/mol. The fourth-order valence-corrected chi connectivity index (χ4v) is 3.49. The van der Waals surface area contributed by atoms with Gasteiger partial charge < -0.3 is 20.1 Å². The molecule has 1 saturated heterocycles. The smallest absolute Gasteiger partial charge is 0.111 e. The predicted molar refractivity (Wildman–Crippen MR) is 99.5 cm³/mol. The summed E-state index contributed by atoms with van der Waals surface area (Å²) in [7, 11) is 0. The molecule has 1 aromatic rings. The largest absolute Gasteiger partial charge is 0.388 e. The van der Waals surface area contributed by atoms with Crippen LogP contribution in [0.4, 0.5) is 0 Å². The number of aliphatic hydroxyl groups is 3. The van der Waals surface area contributed by atoms with Crippen molar-refractivity contribution >= 4 is 0 Å². The minimum Gasteiger partial charge on any atom is -0.388 e. The van der Waals surface area contributed by atoms with Crippen LogP contribution in [-0.2, 0) is 17.6 Å². The maximum absolute atomic E-state index is 10.2. The van der Waals surface area contributed by atoms with Gasteiger partial charge in [0, 0.05) is 6.42 Å². The van der Waals surface area contributed by atoms with Gasteiger partial charge in [0.1, 0.15) is 18.3 Å². The molecule has 1 fully saturated rings. The van der Waals surface area contributed by atoms with E-state index in [2.05, 4.69) is 38.1 Å². The number of aryl methyl sites for hydroxylation is 1. The van der Waals surface area contributed by atoms with E-state index >= 15 is 0 Å². The second kappa shape index (κ2) is 9.67. The first-order valence-electron chi connectivity index (χ1n) is 9.69. The van der Waals surface area contributed by atoms with Gasteiger partial charge in [0.25, 0.3) is 0 Å². The fraction of sp³-hybridized carbons (Fsp3) is 0.714. The summed E-state index contributed by atoms with van der Waals surface area (Å²) in [4.78, 5) is 0. The zero-order chi connectivity index (χ0) is 18.4. The summed E-state index contributed by atoms with van der Waals surface area (Å²) in [6.45, 7) is 6.43. The van der Waals surface area contributed by atoms with Crippen LogP contribution >= 0.6 is 0 Å². The molecule has 1 heterocycles. The highest BCUT2D eigenvalue weighted by molar-refractivity contribution is 5.23. The molecule has 4 heteroatoms. The summed E-state index contributed by atoms with van der Waals surface area (Å²) >= 11 is 0. The molecule has 2 rings (SSSR count). The van der Waals surface area contributed by atoms with E-state index in [1.807, 2.05) is 6.92 Å². The molecule has 3 N–H and O–H groups in total. The molecule has 1 aliphatic rings. The number of unbranched alkanes of at least 4 members (excludes halogenated alkanes) is 1. The molecule has 0 saturated carbocycles. The second-order valence-corrected chi connectivity index (χ2v) is 7.75. The Morgan fingerprint density at radius 1 is 0.880 bits per heavy atom. The van der Waals surface area contributed by atoms with Crippen molar-refractivity contribution in [1.82, 2.24) is 0 Å². The summed E-state index contributed by atoms with van der Waals surface area (Å²) in [5.41, 5.74) is 2.41. The number of rotatable bonds is 8. The van der Waals surface area contributed by atoms with E-state index in [1.165, 1.54) is 24.8 Å². The monoisotopic (exact) mass is 350 g/mol. The van der Waals surface area contributed by atoms with Gasteiger partial charge in [-0.15, -0.1) is 0 Å². The van der Waals surface area contributed by atoms with Crippen molar-refractivity contribution in [2.45, 2.75) is 89.8 Å². The van der Waals surface area contributed by atoms with Crippen molar-refractivity contribution in [2.75, 3.05) is 0 Å². The molecule has 0 bridgehead atoms. The molecule has 0 aromatic heterocycles. The van der Waals surface area contributed by atoms with Crippen LogP contribution in [0.5, 0.6) is 0 Å². The van der Waals surface area contributed by atoms with Crippen LogP contribution in [0.1, 0.15) is 57.6 Å². The Morgan fingerprint density at radius 3 is 2.08 bits per heavy atom. The van der Waals surface area contributed by atoms with Crippen molar-refractivity contribution in [3.8, 4) is 0 Å². The normalized spacial score (nSPS) is 30.0. The van der Waals surface area contributed by atoms with E-state index in [-0.39, 0.29) is 0 Å². The first-order valence-corrected chi connectivity index (χ1v) is 9.69. The number of hydrogen-bond donors (Lipinski definition) is 3. The minimum atomic E-state index is -1.15. The van der Waals surface area contributed by atoms with Crippen molar-refractivity contribution < 1.29 is 20.1 Å². The van der Waals surface area contributed by atoms with E-state index < -0.39 is 30.5 Å². The van der Waals surface area contributed by atoms with Crippen LogP contribution in [0.3, 0.4) is 0 Å². The minimum absolute atomic E-state index is 0.427. The molecule has 142 valence electrons. The van der Waals surface area contributed by atoms with E-state index in [4.69, 9.17) is 4.74 Å². The summed E-state index contributed by atoms with van der Waals surface area (Å²) in [5, 5.41) is 30.1. The summed E-state index contributed by atoms with van der Waals surface area (Å²) in [6.07, 6.45) is 1.85. The van der Waals surface area contributed by atoms with Crippen molar-refractivity contribution in [1.29, 1.82) is 0 Å². The molecule has 4 nitrogen and oxygen atoms in total. The number of hydrogen-bond acceptors (Lipinski definition) is 4. The topological polar surface area (TPSA) is 69.9 Å². The third-order valence-electron chi connectivity index (χ3n) is 5.17. The van der Waals surface area contributed by atoms with Gasteiger partial charge in [0.15, 0.2) is 0 Å². The fourth-order valence-electron chi connectivity index (χ4n) is 3.49. The van der Waals surface area contributed by atoms with E-state index in [0.29, 0.717) is 12.8 Å². The zero-order valence-corrected chi connectivity index (χ0v) is 15.8. The quantitative estimate of drug-likeness (QED) is 0.631. The Morgan fingerprint density at radius 2 is 1.48 bits per heavy atom. The summed E-state index contributed by atoms with van der Waals surface area (Å²) in [5.74, 6) is 0.769. The number of ether oxygens (including phenoxy) is 1. The SMILES string of the molecule is CCC1OC(Cc2ccc(CCCCC(C)C)cc2)C(O)C(O)C1O. The lowest BCUT2D eigenvalue weighted by Gasteiger charge is -2.40. The molecule has 5 unspecified atom stereocenters. The molecule has 0 radical (unpaired) electrons.